The Morgan fingerprint density at radius 3 is 2.81 bits per heavy atom. The molecule has 3 rings (SSSR count). The summed E-state index contributed by atoms with van der Waals surface area (Å²) < 4.78 is 16.0. The van der Waals surface area contributed by atoms with Gasteiger partial charge in [0, 0.05) is 6.42 Å². The van der Waals surface area contributed by atoms with E-state index in [1.807, 2.05) is 24.3 Å². The summed E-state index contributed by atoms with van der Waals surface area (Å²) in [4.78, 5) is 8.31. The Morgan fingerprint density at radius 2 is 2.10 bits per heavy atom. The molecule has 1 aliphatic heterocycles. The molecular formula is C15H16N2O4. The Balaban J connectivity index is 1.85. The lowest BCUT2D eigenvalue weighted by Gasteiger charge is -2.19. The minimum absolute atomic E-state index is 0.237. The van der Waals surface area contributed by atoms with Gasteiger partial charge in [-0.25, -0.2) is 4.98 Å². The molecule has 0 aliphatic carbocycles. The molecule has 0 saturated heterocycles. The largest absolute Gasteiger partial charge is 0.487 e. The number of methoxy groups -OCH3 is 2. The Hall–Kier alpha value is -2.34. The predicted molar refractivity (Wildman–Crippen MR) is 74.7 cm³/mol. The van der Waals surface area contributed by atoms with Crippen molar-refractivity contribution in [3.8, 4) is 17.5 Å². The summed E-state index contributed by atoms with van der Waals surface area (Å²) >= 11 is 0. The maximum atomic E-state index is 10.5. The van der Waals surface area contributed by atoms with Crippen LogP contribution in [0.4, 0.5) is 0 Å². The molecule has 0 saturated carbocycles. The van der Waals surface area contributed by atoms with Crippen LogP contribution in [0.2, 0.25) is 0 Å². The van der Waals surface area contributed by atoms with Gasteiger partial charge in [0.15, 0.2) is 0 Å². The van der Waals surface area contributed by atoms with E-state index in [0.29, 0.717) is 18.0 Å². The first-order valence-electron chi connectivity index (χ1n) is 6.60. The molecule has 21 heavy (non-hydrogen) atoms. The van der Waals surface area contributed by atoms with Crippen molar-refractivity contribution in [2.75, 3.05) is 14.2 Å². The van der Waals surface area contributed by atoms with Crippen molar-refractivity contribution in [1.29, 1.82) is 0 Å². The van der Waals surface area contributed by atoms with Crippen molar-refractivity contribution < 1.29 is 19.3 Å². The molecule has 6 heteroatoms. The molecular weight excluding hydrogens is 272 g/mol. The van der Waals surface area contributed by atoms with Crippen molar-refractivity contribution in [3.05, 3.63) is 41.7 Å². The normalized spacial score (nSPS) is 17.8. The molecule has 110 valence electrons. The zero-order valence-corrected chi connectivity index (χ0v) is 11.8. The number of aliphatic hydroxyl groups is 1. The molecule has 6 nitrogen and oxygen atoms in total. The summed E-state index contributed by atoms with van der Waals surface area (Å²) in [7, 11) is 2.97. The number of aliphatic hydroxyl groups excluding tert-OH is 1. The molecule has 1 N–H and O–H groups in total. The Labute approximate surface area is 122 Å². The van der Waals surface area contributed by atoms with Gasteiger partial charge in [-0.1, -0.05) is 18.2 Å². The third kappa shape index (κ3) is 2.50. The standard InChI is InChI=1S/C15H16N2O4/c1-19-12-8-16-13(15(17-12)20-2)14(18)11-7-9-5-3-4-6-10(9)21-11/h3-6,8,11,14,18H,7H2,1-2H3. The number of hydrogen-bond acceptors (Lipinski definition) is 6. The van der Waals surface area contributed by atoms with Crippen molar-refractivity contribution >= 4 is 0 Å². The first-order chi connectivity index (χ1) is 10.2. The average molecular weight is 288 g/mol. The minimum Gasteiger partial charge on any atom is -0.487 e. The number of nitrogens with zero attached hydrogens (tertiary/aromatic N) is 2. The molecule has 0 spiro atoms. The van der Waals surface area contributed by atoms with Gasteiger partial charge in [-0.15, -0.1) is 0 Å². The van der Waals surface area contributed by atoms with E-state index in [9.17, 15) is 5.11 Å². The fourth-order valence-corrected chi connectivity index (χ4v) is 2.38. The highest BCUT2D eigenvalue weighted by molar-refractivity contribution is 5.38. The molecule has 0 amide bonds. The van der Waals surface area contributed by atoms with E-state index < -0.39 is 12.2 Å². The Kier molecular flexibility index (Phi) is 3.62. The summed E-state index contributed by atoms with van der Waals surface area (Å²) in [5.74, 6) is 1.36. The van der Waals surface area contributed by atoms with Gasteiger partial charge in [-0.2, -0.15) is 4.98 Å². The van der Waals surface area contributed by atoms with E-state index in [4.69, 9.17) is 14.2 Å². The molecule has 2 heterocycles. The van der Waals surface area contributed by atoms with Gasteiger partial charge in [0.2, 0.25) is 11.8 Å². The number of rotatable bonds is 4. The lowest BCUT2D eigenvalue weighted by atomic mass is 10.0. The quantitative estimate of drug-likeness (QED) is 0.919. The van der Waals surface area contributed by atoms with E-state index in [2.05, 4.69) is 9.97 Å². The summed E-state index contributed by atoms with van der Waals surface area (Å²) in [6.45, 7) is 0. The van der Waals surface area contributed by atoms with Gasteiger partial charge < -0.3 is 19.3 Å². The lowest BCUT2D eigenvalue weighted by Crippen LogP contribution is -2.24. The number of ether oxygens (including phenoxy) is 3. The first kappa shape index (κ1) is 13.6. The van der Waals surface area contributed by atoms with E-state index in [0.717, 1.165) is 11.3 Å². The van der Waals surface area contributed by atoms with Gasteiger partial charge in [0.05, 0.1) is 20.4 Å². The monoisotopic (exact) mass is 288 g/mol. The molecule has 2 atom stereocenters. The molecule has 2 aromatic rings. The van der Waals surface area contributed by atoms with Crippen LogP contribution in [0.3, 0.4) is 0 Å². The highest BCUT2D eigenvalue weighted by atomic mass is 16.5. The molecule has 0 bridgehead atoms. The Bertz CT molecular complexity index is 622. The lowest BCUT2D eigenvalue weighted by molar-refractivity contribution is 0.0437. The van der Waals surface area contributed by atoms with Gasteiger partial charge >= 0.3 is 0 Å². The second-order valence-electron chi connectivity index (χ2n) is 4.72. The number of benzene rings is 1. The molecule has 0 fully saturated rings. The highest BCUT2D eigenvalue weighted by Crippen LogP contribution is 2.35. The van der Waals surface area contributed by atoms with Crippen LogP contribution in [-0.4, -0.2) is 35.4 Å². The smallest absolute Gasteiger partial charge is 0.241 e. The van der Waals surface area contributed by atoms with Crippen molar-refractivity contribution in [2.24, 2.45) is 0 Å². The molecule has 1 aromatic carbocycles. The summed E-state index contributed by atoms with van der Waals surface area (Å²) in [5, 5.41) is 10.5. The first-order valence-corrected chi connectivity index (χ1v) is 6.60. The zero-order valence-electron chi connectivity index (χ0n) is 11.8. The third-order valence-electron chi connectivity index (χ3n) is 3.45. The maximum Gasteiger partial charge on any atom is 0.241 e. The fraction of sp³-hybridized carbons (Fsp3) is 0.333. The van der Waals surface area contributed by atoms with Crippen LogP contribution in [0, 0.1) is 0 Å². The minimum atomic E-state index is -0.925. The summed E-state index contributed by atoms with van der Waals surface area (Å²) in [5.41, 5.74) is 1.41. The van der Waals surface area contributed by atoms with Crippen LogP contribution in [0.5, 0.6) is 17.5 Å². The van der Waals surface area contributed by atoms with Crippen LogP contribution in [0.1, 0.15) is 17.4 Å². The van der Waals surface area contributed by atoms with E-state index in [1.165, 1.54) is 20.4 Å². The van der Waals surface area contributed by atoms with E-state index in [-0.39, 0.29) is 5.88 Å². The van der Waals surface area contributed by atoms with Gasteiger partial charge in [0.25, 0.3) is 0 Å². The second-order valence-corrected chi connectivity index (χ2v) is 4.72. The van der Waals surface area contributed by atoms with Crippen LogP contribution in [0.15, 0.2) is 30.5 Å². The zero-order chi connectivity index (χ0) is 14.8. The topological polar surface area (TPSA) is 73.7 Å². The van der Waals surface area contributed by atoms with Crippen molar-refractivity contribution in [3.63, 3.8) is 0 Å². The Morgan fingerprint density at radius 1 is 1.29 bits per heavy atom. The maximum absolute atomic E-state index is 10.5. The SMILES string of the molecule is COc1cnc(C(O)C2Cc3ccccc3O2)c(OC)n1. The van der Waals surface area contributed by atoms with E-state index in [1.54, 1.807) is 0 Å². The average Bonchev–Trinajstić information content (AvgIpc) is 2.97. The molecule has 2 unspecified atom stereocenters. The molecule has 1 aromatic heterocycles. The summed E-state index contributed by atoms with van der Waals surface area (Å²) in [6, 6.07) is 7.73. The number of aromatic nitrogens is 2. The summed E-state index contributed by atoms with van der Waals surface area (Å²) in [6.07, 6.45) is 0.738. The van der Waals surface area contributed by atoms with Gasteiger partial charge in [-0.05, 0) is 11.6 Å². The van der Waals surface area contributed by atoms with Crippen molar-refractivity contribution in [2.45, 2.75) is 18.6 Å². The molecule has 1 aliphatic rings. The number of para-hydroxylation sites is 1. The van der Waals surface area contributed by atoms with Crippen LogP contribution in [0.25, 0.3) is 0 Å². The number of hydrogen-bond donors (Lipinski definition) is 1. The molecule has 0 radical (unpaired) electrons. The van der Waals surface area contributed by atoms with Gasteiger partial charge in [-0.3, -0.25) is 0 Å². The second kappa shape index (κ2) is 5.57. The van der Waals surface area contributed by atoms with Crippen LogP contribution in [-0.2, 0) is 6.42 Å². The fourth-order valence-electron chi connectivity index (χ4n) is 2.38. The highest BCUT2D eigenvalue weighted by Gasteiger charge is 2.33. The predicted octanol–water partition coefficient (Wildman–Crippen LogP) is 1.53. The van der Waals surface area contributed by atoms with Crippen LogP contribution >= 0.6 is 0 Å². The van der Waals surface area contributed by atoms with Crippen molar-refractivity contribution in [1.82, 2.24) is 9.97 Å². The number of fused-ring (bicyclic) bond motifs is 1. The van der Waals surface area contributed by atoms with Gasteiger partial charge in [0.1, 0.15) is 23.7 Å². The van der Waals surface area contributed by atoms with Crippen LogP contribution < -0.4 is 14.2 Å². The third-order valence-corrected chi connectivity index (χ3v) is 3.45. The van der Waals surface area contributed by atoms with E-state index >= 15 is 0 Å².